The van der Waals surface area contributed by atoms with E-state index in [2.05, 4.69) is 55.3 Å². The van der Waals surface area contributed by atoms with Gasteiger partial charge in [-0.05, 0) is 18.0 Å². The van der Waals surface area contributed by atoms with E-state index in [9.17, 15) is 0 Å². The van der Waals surface area contributed by atoms with Gasteiger partial charge in [-0.2, -0.15) is 0 Å². The molecule has 0 bridgehead atoms. The average Bonchev–Trinajstić information content (AvgIpc) is 2.77. The van der Waals surface area contributed by atoms with Crippen molar-refractivity contribution in [2.24, 2.45) is 0 Å². The zero-order valence-corrected chi connectivity index (χ0v) is 11.4. The second-order valence-electron chi connectivity index (χ2n) is 5.49. The Hall–Kier alpha value is -1.61. The smallest absolute Gasteiger partial charge is 0.181 e. The summed E-state index contributed by atoms with van der Waals surface area (Å²) in [4.78, 5) is 4.22. The Bertz CT molecular complexity index is 506. The van der Waals surface area contributed by atoms with Gasteiger partial charge in [0.25, 0.3) is 0 Å². The fraction of sp³-hybridized carbons (Fsp3) is 0.400. The Balaban J connectivity index is 2.32. The van der Waals surface area contributed by atoms with Crippen molar-refractivity contribution >= 4 is 0 Å². The van der Waals surface area contributed by atoms with Crippen LogP contribution in [0.25, 0.3) is 11.3 Å². The lowest BCUT2D eigenvalue weighted by Gasteiger charge is -2.18. The quantitative estimate of drug-likeness (QED) is 0.899. The third-order valence-electron chi connectivity index (χ3n) is 3.00. The van der Waals surface area contributed by atoms with Crippen LogP contribution in [0, 0.1) is 0 Å². The lowest BCUT2D eigenvalue weighted by molar-refractivity contribution is 0.569. The minimum absolute atomic E-state index is 0.174. The van der Waals surface area contributed by atoms with Gasteiger partial charge in [-0.1, -0.05) is 45.0 Å². The van der Waals surface area contributed by atoms with E-state index in [1.165, 1.54) is 12.0 Å². The van der Waals surface area contributed by atoms with Crippen molar-refractivity contribution < 1.29 is 4.42 Å². The SMILES string of the molecule is CNCc1ncoc1-c1ccc(C(C)(C)C)cc1. The van der Waals surface area contributed by atoms with Gasteiger partial charge in [-0.15, -0.1) is 0 Å². The summed E-state index contributed by atoms with van der Waals surface area (Å²) in [5, 5.41) is 3.09. The third-order valence-corrected chi connectivity index (χ3v) is 3.00. The molecule has 0 amide bonds. The molecule has 0 aliphatic rings. The molecular formula is C15H20N2O. The number of rotatable bonds is 3. The van der Waals surface area contributed by atoms with E-state index in [-0.39, 0.29) is 5.41 Å². The first-order valence-corrected chi connectivity index (χ1v) is 6.20. The molecule has 0 aliphatic carbocycles. The van der Waals surface area contributed by atoms with Crippen LogP contribution in [0.15, 0.2) is 35.1 Å². The first-order chi connectivity index (χ1) is 8.52. The zero-order valence-electron chi connectivity index (χ0n) is 11.4. The monoisotopic (exact) mass is 244 g/mol. The highest BCUT2D eigenvalue weighted by Gasteiger charge is 2.15. The largest absolute Gasteiger partial charge is 0.443 e. The maximum absolute atomic E-state index is 5.48. The van der Waals surface area contributed by atoms with Crippen molar-refractivity contribution in [2.45, 2.75) is 32.7 Å². The summed E-state index contributed by atoms with van der Waals surface area (Å²) in [6, 6.07) is 8.50. The van der Waals surface area contributed by atoms with E-state index in [1.54, 1.807) is 0 Å². The summed E-state index contributed by atoms with van der Waals surface area (Å²) >= 11 is 0. The minimum Gasteiger partial charge on any atom is -0.443 e. The van der Waals surface area contributed by atoms with Gasteiger partial charge in [0, 0.05) is 12.1 Å². The Kier molecular flexibility index (Phi) is 3.53. The summed E-state index contributed by atoms with van der Waals surface area (Å²) < 4.78 is 5.48. The molecule has 2 rings (SSSR count). The molecule has 0 spiro atoms. The third kappa shape index (κ3) is 2.62. The topological polar surface area (TPSA) is 38.1 Å². The summed E-state index contributed by atoms with van der Waals surface area (Å²) in [6.07, 6.45) is 1.50. The first kappa shape index (κ1) is 12.8. The van der Waals surface area contributed by atoms with Crippen molar-refractivity contribution in [3.8, 4) is 11.3 Å². The van der Waals surface area contributed by atoms with Crippen molar-refractivity contribution in [2.75, 3.05) is 7.05 Å². The normalized spacial score (nSPS) is 11.8. The highest BCUT2D eigenvalue weighted by atomic mass is 16.3. The van der Waals surface area contributed by atoms with Crippen molar-refractivity contribution in [1.29, 1.82) is 0 Å². The van der Waals surface area contributed by atoms with Crippen LogP contribution in [0.5, 0.6) is 0 Å². The second-order valence-corrected chi connectivity index (χ2v) is 5.49. The molecule has 0 saturated heterocycles. The number of oxazole rings is 1. The van der Waals surface area contributed by atoms with E-state index in [0.717, 1.165) is 17.0 Å². The van der Waals surface area contributed by atoms with Gasteiger partial charge in [-0.25, -0.2) is 4.98 Å². The molecule has 3 heteroatoms. The Morgan fingerprint density at radius 1 is 1.17 bits per heavy atom. The predicted octanol–water partition coefficient (Wildman–Crippen LogP) is 3.36. The number of aromatic nitrogens is 1. The highest BCUT2D eigenvalue weighted by Crippen LogP contribution is 2.27. The maximum Gasteiger partial charge on any atom is 0.181 e. The van der Waals surface area contributed by atoms with Crippen molar-refractivity contribution in [1.82, 2.24) is 10.3 Å². The van der Waals surface area contributed by atoms with Crippen LogP contribution in [0.1, 0.15) is 32.0 Å². The molecule has 0 aliphatic heterocycles. The van der Waals surface area contributed by atoms with Crippen LogP contribution in [0.4, 0.5) is 0 Å². The van der Waals surface area contributed by atoms with Crippen LogP contribution >= 0.6 is 0 Å². The standard InChI is InChI=1S/C15H20N2O/c1-15(2,3)12-7-5-11(6-8-12)14-13(9-16-4)17-10-18-14/h5-8,10,16H,9H2,1-4H3. The van der Waals surface area contributed by atoms with Gasteiger partial charge < -0.3 is 9.73 Å². The molecule has 1 aromatic heterocycles. The maximum atomic E-state index is 5.48. The Morgan fingerprint density at radius 3 is 2.39 bits per heavy atom. The van der Waals surface area contributed by atoms with E-state index in [0.29, 0.717) is 6.54 Å². The molecule has 2 aromatic rings. The van der Waals surface area contributed by atoms with E-state index < -0.39 is 0 Å². The molecule has 96 valence electrons. The summed E-state index contributed by atoms with van der Waals surface area (Å²) in [7, 11) is 1.90. The van der Waals surface area contributed by atoms with Crippen molar-refractivity contribution in [3.05, 3.63) is 41.9 Å². The minimum atomic E-state index is 0.174. The van der Waals surface area contributed by atoms with Gasteiger partial charge in [0.05, 0.1) is 0 Å². The number of nitrogens with zero attached hydrogens (tertiary/aromatic N) is 1. The van der Waals surface area contributed by atoms with E-state index in [4.69, 9.17) is 4.42 Å². The highest BCUT2D eigenvalue weighted by molar-refractivity contribution is 5.60. The first-order valence-electron chi connectivity index (χ1n) is 6.20. The molecule has 0 radical (unpaired) electrons. The Morgan fingerprint density at radius 2 is 1.83 bits per heavy atom. The number of hydrogen-bond acceptors (Lipinski definition) is 3. The molecule has 1 heterocycles. The second kappa shape index (κ2) is 4.94. The van der Waals surface area contributed by atoms with Crippen LogP contribution < -0.4 is 5.32 Å². The molecule has 0 unspecified atom stereocenters. The molecule has 0 fully saturated rings. The van der Waals surface area contributed by atoms with Gasteiger partial charge in [0.15, 0.2) is 12.2 Å². The molecule has 1 N–H and O–H groups in total. The lowest BCUT2D eigenvalue weighted by atomic mass is 9.86. The number of nitrogens with one attached hydrogen (secondary N) is 1. The van der Waals surface area contributed by atoms with Gasteiger partial charge in [0.1, 0.15) is 5.69 Å². The predicted molar refractivity (Wildman–Crippen MR) is 73.4 cm³/mol. The van der Waals surface area contributed by atoms with Crippen molar-refractivity contribution in [3.63, 3.8) is 0 Å². The van der Waals surface area contributed by atoms with Gasteiger partial charge in [-0.3, -0.25) is 0 Å². The molecule has 1 aromatic carbocycles. The fourth-order valence-corrected chi connectivity index (χ4v) is 1.92. The molecule has 0 atom stereocenters. The van der Waals surface area contributed by atoms with Crippen LogP contribution in [-0.4, -0.2) is 12.0 Å². The molecule has 3 nitrogen and oxygen atoms in total. The average molecular weight is 244 g/mol. The van der Waals surface area contributed by atoms with Crippen LogP contribution in [-0.2, 0) is 12.0 Å². The van der Waals surface area contributed by atoms with E-state index in [1.807, 2.05) is 7.05 Å². The summed E-state index contributed by atoms with van der Waals surface area (Å²) in [6.45, 7) is 7.35. The molecule has 18 heavy (non-hydrogen) atoms. The summed E-state index contributed by atoms with van der Waals surface area (Å²) in [5.74, 6) is 0.852. The number of benzene rings is 1. The van der Waals surface area contributed by atoms with Crippen LogP contribution in [0.3, 0.4) is 0 Å². The van der Waals surface area contributed by atoms with Gasteiger partial charge in [0.2, 0.25) is 0 Å². The zero-order chi connectivity index (χ0) is 13.2. The Labute approximate surface area is 108 Å². The number of hydrogen-bond donors (Lipinski definition) is 1. The van der Waals surface area contributed by atoms with E-state index >= 15 is 0 Å². The lowest BCUT2D eigenvalue weighted by Crippen LogP contribution is -2.10. The molecular weight excluding hydrogens is 224 g/mol. The fourth-order valence-electron chi connectivity index (χ4n) is 1.92. The van der Waals surface area contributed by atoms with Crippen LogP contribution in [0.2, 0.25) is 0 Å². The summed E-state index contributed by atoms with van der Waals surface area (Å²) in [5.41, 5.74) is 3.51. The molecule has 0 saturated carbocycles. The van der Waals surface area contributed by atoms with Gasteiger partial charge >= 0.3 is 0 Å².